The minimum absolute atomic E-state index is 1.23. The van der Waals surface area contributed by atoms with Crippen molar-refractivity contribution in [2.45, 2.75) is 13.8 Å². The van der Waals surface area contributed by atoms with Gasteiger partial charge in [-0.05, 0) is 75.0 Å². The molecule has 0 fully saturated rings. The summed E-state index contributed by atoms with van der Waals surface area (Å²) in [4.78, 5) is 0. The summed E-state index contributed by atoms with van der Waals surface area (Å²) in [7, 11) is 5.95. The van der Waals surface area contributed by atoms with Gasteiger partial charge in [-0.2, -0.15) is 0 Å². The van der Waals surface area contributed by atoms with Crippen molar-refractivity contribution in [3.63, 3.8) is 0 Å². The molecule has 0 N–H and O–H groups in total. The molecule has 2 atom stereocenters. The third kappa shape index (κ3) is 3.56. The van der Waals surface area contributed by atoms with E-state index in [0.717, 1.165) is 0 Å². The first kappa shape index (κ1) is 19.1. The van der Waals surface area contributed by atoms with Gasteiger partial charge in [-0.25, -0.2) is 0 Å². The Morgan fingerprint density at radius 2 is 1.14 bits per heavy atom. The van der Waals surface area contributed by atoms with Crippen molar-refractivity contribution in [2.75, 3.05) is 0 Å². The van der Waals surface area contributed by atoms with E-state index < -0.39 is 0 Å². The number of hydrogen-bond acceptors (Lipinski definition) is 0. The molecule has 0 saturated carbocycles. The molecular formula is C26H24P2. The summed E-state index contributed by atoms with van der Waals surface area (Å²) in [6.07, 6.45) is 0. The average molecular weight is 398 g/mol. The van der Waals surface area contributed by atoms with Gasteiger partial charge in [0.05, 0.1) is 0 Å². The third-order valence-corrected chi connectivity index (χ3v) is 6.32. The van der Waals surface area contributed by atoms with Crippen LogP contribution in [0.4, 0.5) is 0 Å². The fourth-order valence-electron chi connectivity index (χ4n) is 3.88. The van der Waals surface area contributed by atoms with Crippen LogP contribution in [0.25, 0.3) is 33.4 Å². The zero-order valence-electron chi connectivity index (χ0n) is 16.2. The second kappa shape index (κ2) is 8.00. The standard InChI is InChI=1S/C26H24P2/c1-17-13-14-22(20-11-7-4-8-12-20)26(28)25(17)24-18(2)15-21(16-23(24)27)19-9-5-3-6-10-19/h3-16H,27-28H2,1-2H3. The number of aryl methyl sites for hydroxylation is 2. The molecule has 0 aromatic heterocycles. The van der Waals surface area contributed by atoms with Gasteiger partial charge in [0.15, 0.2) is 0 Å². The van der Waals surface area contributed by atoms with Crippen molar-refractivity contribution in [1.82, 2.24) is 0 Å². The van der Waals surface area contributed by atoms with Crippen molar-refractivity contribution in [3.8, 4) is 33.4 Å². The van der Waals surface area contributed by atoms with E-state index in [0.29, 0.717) is 0 Å². The van der Waals surface area contributed by atoms with Crippen molar-refractivity contribution in [2.24, 2.45) is 0 Å². The van der Waals surface area contributed by atoms with Gasteiger partial charge >= 0.3 is 0 Å². The van der Waals surface area contributed by atoms with Gasteiger partial charge in [-0.1, -0.05) is 78.9 Å². The van der Waals surface area contributed by atoms with E-state index in [1.165, 1.54) is 55.1 Å². The highest BCUT2D eigenvalue weighted by Gasteiger charge is 2.16. The van der Waals surface area contributed by atoms with Crippen molar-refractivity contribution in [3.05, 3.63) is 96.1 Å². The van der Waals surface area contributed by atoms with Gasteiger partial charge in [0, 0.05) is 0 Å². The average Bonchev–Trinajstić information content (AvgIpc) is 2.71. The molecule has 0 aliphatic rings. The third-order valence-electron chi connectivity index (χ3n) is 5.26. The fourth-order valence-corrected chi connectivity index (χ4v) is 5.07. The topological polar surface area (TPSA) is 0 Å². The highest BCUT2D eigenvalue weighted by molar-refractivity contribution is 7.29. The second-order valence-electron chi connectivity index (χ2n) is 7.21. The first-order valence-corrected chi connectivity index (χ1v) is 10.6. The molecule has 0 nitrogen and oxygen atoms in total. The van der Waals surface area contributed by atoms with E-state index in [1.54, 1.807) is 0 Å². The maximum Gasteiger partial charge on any atom is -0.00679 e. The summed E-state index contributed by atoms with van der Waals surface area (Å²) in [5, 5.41) is 2.49. The Balaban J connectivity index is 1.90. The van der Waals surface area contributed by atoms with E-state index in [2.05, 4.69) is 117 Å². The molecule has 0 aliphatic heterocycles. The summed E-state index contributed by atoms with van der Waals surface area (Å²) in [5.41, 5.74) is 10.2. The van der Waals surface area contributed by atoms with Crippen LogP contribution in [-0.4, -0.2) is 0 Å². The normalized spacial score (nSPS) is 10.9. The fraction of sp³-hybridized carbons (Fsp3) is 0.0769. The lowest BCUT2D eigenvalue weighted by atomic mass is 9.90. The van der Waals surface area contributed by atoms with Crippen LogP contribution in [0, 0.1) is 13.8 Å². The molecule has 0 bridgehead atoms. The van der Waals surface area contributed by atoms with E-state index in [4.69, 9.17) is 0 Å². The predicted molar refractivity (Wildman–Crippen MR) is 131 cm³/mol. The van der Waals surface area contributed by atoms with Gasteiger partial charge in [0.1, 0.15) is 0 Å². The van der Waals surface area contributed by atoms with Gasteiger partial charge in [0.2, 0.25) is 0 Å². The minimum Gasteiger partial charge on any atom is -0.105 e. The number of hydrogen-bond donors (Lipinski definition) is 0. The van der Waals surface area contributed by atoms with Crippen molar-refractivity contribution >= 4 is 29.1 Å². The molecular weight excluding hydrogens is 374 g/mol. The Bertz CT molecular complexity index is 1110. The first-order valence-electron chi connectivity index (χ1n) is 9.46. The van der Waals surface area contributed by atoms with Crippen LogP contribution < -0.4 is 10.6 Å². The Kier molecular flexibility index (Phi) is 5.45. The van der Waals surface area contributed by atoms with E-state index in [-0.39, 0.29) is 0 Å². The highest BCUT2D eigenvalue weighted by Crippen LogP contribution is 2.33. The van der Waals surface area contributed by atoms with Crippen LogP contribution >= 0.6 is 18.5 Å². The number of benzene rings is 4. The molecule has 2 unspecified atom stereocenters. The molecule has 4 rings (SSSR count). The van der Waals surface area contributed by atoms with Crippen molar-refractivity contribution < 1.29 is 0 Å². The maximum atomic E-state index is 3.00. The SMILES string of the molecule is Cc1cc(-c2ccccc2)cc(P)c1-c1c(C)ccc(-c2ccccc2)c1P. The summed E-state index contributed by atoms with van der Waals surface area (Å²) >= 11 is 0. The lowest BCUT2D eigenvalue weighted by Gasteiger charge is -2.19. The smallest absolute Gasteiger partial charge is 0.00679 e. The Morgan fingerprint density at radius 1 is 0.536 bits per heavy atom. The van der Waals surface area contributed by atoms with E-state index >= 15 is 0 Å². The molecule has 0 aliphatic carbocycles. The summed E-state index contributed by atoms with van der Waals surface area (Å²) in [6.45, 7) is 4.42. The molecule has 0 amide bonds. The zero-order chi connectivity index (χ0) is 19.7. The minimum atomic E-state index is 1.23. The van der Waals surface area contributed by atoms with Gasteiger partial charge < -0.3 is 0 Å². The summed E-state index contributed by atoms with van der Waals surface area (Å²) in [6, 6.07) is 30.2. The van der Waals surface area contributed by atoms with Gasteiger partial charge in [-0.15, -0.1) is 18.5 Å². The second-order valence-corrected chi connectivity index (χ2v) is 8.41. The van der Waals surface area contributed by atoms with Crippen LogP contribution in [0.5, 0.6) is 0 Å². The lowest BCUT2D eigenvalue weighted by molar-refractivity contribution is 1.43. The molecule has 0 heterocycles. The molecule has 4 aromatic rings. The molecule has 138 valence electrons. The largest absolute Gasteiger partial charge is 0.105 e. The van der Waals surface area contributed by atoms with Crippen LogP contribution in [0.2, 0.25) is 0 Å². The van der Waals surface area contributed by atoms with Crippen LogP contribution in [-0.2, 0) is 0 Å². The van der Waals surface area contributed by atoms with E-state index in [9.17, 15) is 0 Å². The lowest BCUT2D eigenvalue weighted by Crippen LogP contribution is -2.11. The quantitative estimate of drug-likeness (QED) is 0.355. The monoisotopic (exact) mass is 398 g/mol. The van der Waals surface area contributed by atoms with E-state index in [1.807, 2.05) is 0 Å². The molecule has 0 saturated heterocycles. The molecule has 0 spiro atoms. The molecule has 4 aromatic carbocycles. The Labute approximate surface area is 172 Å². The van der Waals surface area contributed by atoms with Gasteiger partial charge in [0.25, 0.3) is 0 Å². The highest BCUT2D eigenvalue weighted by atomic mass is 31.0. The Morgan fingerprint density at radius 3 is 1.75 bits per heavy atom. The summed E-state index contributed by atoms with van der Waals surface area (Å²) < 4.78 is 0. The van der Waals surface area contributed by atoms with Gasteiger partial charge in [-0.3, -0.25) is 0 Å². The molecule has 2 heteroatoms. The Hall–Kier alpha value is -2.26. The maximum absolute atomic E-state index is 3.00. The van der Waals surface area contributed by atoms with Crippen LogP contribution in [0.3, 0.4) is 0 Å². The molecule has 28 heavy (non-hydrogen) atoms. The predicted octanol–water partition coefficient (Wildman–Crippen LogP) is 6.31. The van der Waals surface area contributed by atoms with Crippen molar-refractivity contribution in [1.29, 1.82) is 0 Å². The zero-order valence-corrected chi connectivity index (χ0v) is 18.5. The van der Waals surface area contributed by atoms with Crippen LogP contribution in [0.1, 0.15) is 11.1 Å². The first-order chi connectivity index (χ1) is 13.6. The number of rotatable bonds is 3. The molecule has 0 radical (unpaired) electrons. The summed E-state index contributed by atoms with van der Waals surface area (Å²) in [5.74, 6) is 0. The van der Waals surface area contributed by atoms with Crippen LogP contribution in [0.15, 0.2) is 84.9 Å².